The third kappa shape index (κ3) is 5.41. The van der Waals surface area contributed by atoms with E-state index in [4.69, 9.17) is 4.52 Å². The van der Waals surface area contributed by atoms with Gasteiger partial charge in [0.05, 0.1) is 17.1 Å². The monoisotopic (exact) mass is 522 g/mol. The molecule has 162 valence electrons. The van der Waals surface area contributed by atoms with Crippen molar-refractivity contribution in [1.82, 2.24) is 25.6 Å². The molecule has 0 amide bonds. The van der Waals surface area contributed by atoms with E-state index in [9.17, 15) is 0 Å². The maximum atomic E-state index is 5.45. The maximum Gasteiger partial charge on any atom is 0.191 e. The van der Waals surface area contributed by atoms with Crippen LogP contribution >= 0.6 is 24.0 Å². The van der Waals surface area contributed by atoms with Crippen LogP contribution in [0.4, 0.5) is 0 Å². The number of aryl methyl sites for hydroxylation is 4. The predicted octanol–water partition coefficient (Wildman–Crippen LogP) is 4.09. The molecule has 2 heterocycles. The highest BCUT2D eigenvalue weighted by atomic mass is 127. The molecule has 0 atom stereocenters. The van der Waals surface area contributed by atoms with Gasteiger partial charge in [-0.15, -0.1) is 24.0 Å². The van der Waals surface area contributed by atoms with Crippen LogP contribution in [-0.2, 0) is 25.9 Å². The summed E-state index contributed by atoms with van der Waals surface area (Å²) in [6.07, 6.45) is 1.68. The van der Waals surface area contributed by atoms with E-state index in [2.05, 4.69) is 64.9 Å². The van der Waals surface area contributed by atoms with E-state index in [0.717, 1.165) is 58.5 Å². The van der Waals surface area contributed by atoms with E-state index in [-0.39, 0.29) is 24.0 Å². The number of aliphatic imine (C=N–C) groups is 1. The van der Waals surface area contributed by atoms with E-state index >= 15 is 0 Å². The van der Waals surface area contributed by atoms with Crippen molar-refractivity contribution in [2.75, 3.05) is 7.05 Å². The molecule has 0 aliphatic rings. The Kier molecular flexibility index (Phi) is 8.88. The quantitative estimate of drug-likeness (QED) is 0.278. The largest absolute Gasteiger partial charge is 0.361 e. The number of para-hydroxylation sites is 1. The Balaban J connectivity index is 0.00000320. The van der Waals surface area contributed by atoms with Gasteiger partial charge in [0.2, 0.25) is 0 Å². The number of halogens is 1. The van der Waals surface area contributed by atoms with Crippen molar-refractivity contribution in [3.63, 3.8) is 0 Å². The predicted molar refractivity (Wildman–Crippen MR) is 131 cm³/mol. The van der Waals surface area contributed by atoms with Gasteiger partial charge in [-0.1, -0.05) is 37.2 Å². The van der Waals surface area contributed by atoms with Gasteiger partial charge in [-0.05, 0) is 38.0 Å². The van der Waals surface area contributed by atoms with Crippen LogP contribution in [0.3, 0.4) is 0 Å². The van der Waals surface area contributed by atoms with Gasteiger partial charge in [-0.2, -0.15) is 5.10 Å². The molecule has 3 rings (SSSR count). The van der Waals surface area contributed by atoms with Crippen LogP contribution in [0.15, 0.2) is 39.8 Å². The van der Waals surface area contributed by atoms with E-state index in [0.29, 0.717) is 13.1 Å². The van der Waals surface area contributed by atoms with Gasteiger partial charge in [0.1, 0.15) is 5.76 Å². The lowest BCUT2D eigenvalue weighted by Gasteiger charge is -2.15. The molecule has 2 N–H and O–H groups in total. The van der Waals surface area contributed by atoms with Gasteiger partial charge in [-0.25, -0.2) is 4.68 Å². The molecule has 0 unspecified atom stereocenters. The third-order valence-electron chi connectivity index (χ3n) is 4.94. The summed E-state index contributed by atoms with van der Waals surface area (Å²) in [7, 11) is 1.78. The van der Waals surface area contributed by atoms with Crippen LogP contribution in [-0.4, -0.2) is 27.9 Å². The summed E-state index contributed by atoms with van der Waals surface area (Å²) >= 11 is 0. The first kappa shape index (κ1) is 23.9. The fourth-order valence-electron chi connectivity index (χ4n) is 3.45. The number of aromatic nitrogens is 3. The summed E-state index contributed by atoms with van der Waals surface area (Å²) in [5.74, 6) is 1.66. The summed E-state index contributed by atoms with van der Waals surface area (Å²) in [5.41, 5.74) is 6.47. The normalized spacial score (nSPS) is 11.3. The zero-order chi connectivity index (χ0) is 20.8. The molecule has 7 nitrogen and oxygen atoms in total. The highest BCUT2D eigenvalue weighted by molar-refractivity contribution is 14.0. The molecule has 0 spiro atoms. The maximum absolute atomic E-state index is 5.45. The van der Waals surface area contributed by atoms with E-state index in [1.807, 2.05) is 23.7 Å². The number of rotatable bonds is 7. The smallest absolute Gasteiger partial charge is 0.191 e. The Morgan fingerprint density at radius 2 is 1.83 bits per heavy atom. The number of nitrogens with one attached hydrogen (secondary N) is 2. The molecule has 0 saturated heterocycles. The van der Waals surface area contributed by atoms with Crippen LogP contribution in [0.25, 0.3) is 5.69 Å². The second kappa shape index (κ2) is 11.1. The van der Waals surface area contributed by atoms with E-state index in [1.54, 1.807) is 7.05 Å². The van der Waals surface area contributed by atoms with Crippen molar-refractivity contribution in [3.05, 3.63) is 64.3 Å². The Morgan fingerprint density at radius 1 is 1.10 bits per heavy atom. The Labute approximate surface area is 195 Å². The first-order valence-corrected chi connectivity index (χ1v) is 10.1. The summed E-state index contributed by atoms with van der Waals surface area (Å²) in [5, 5.41) is 15.6. The highest BCUT2D eigenvalue weighted by Gasteiger charge is 2.14. The van der Waals surface area contributed by atoms with Crippen molar-refractivity contribution in [1.29, 1.82) is 0 Å². The lowest BCUT2D eigenvalue weighted by Crippen LogP contribution is -2.36. The number of hydrogen-bond donors (Lipinski definition) is 2. The minimum Gasteiger partial charge on any atom is -0.361 e. The molecule has 3 aromatic rings. The molecule has 0 aliphatic carbocycles. The van der Waals surface area contributed by atoms with Gasteiger partial charge >= 0.3 is 0 Å². The molecule has 8 heteroatoms. The fraction of sp³-hybridized carbons (Fsp3) is 0.409. The van der Waals surface area contributed by atoms with Gasteiger partial charge in [0, 0.05) is 37.8 Å². The second-order valence-electron chi connectivity index (χ2n) is 6.99. The highest BCUT2D eigenvalue weighted by Crippen LogP contribution is 2.17. The average Bonchev–Trinajstić information content (AvgIpc) is 3.29. The minimum absolute atomic E-state index is 0. The van der Waals surface area contributed by atoms with E-state index < -0.39 is 0 Å². The zero-order valence-corrected chi connectivity index (χ0v) is 20.7. The lowest BCUT2D eigenvalue weighted by molar-refractivity contribution is 0.380. The number of nitrogens with zero attached hydrogens (tertiary/aromatic N) is 4. The van der Waals surface area contributed by atoms with Gasteiger partial charge in [0.25, 0.3) is 0 Å². The summed E-state index contributed by atoms with van der Waals surface area (Å²) in [6, 6.07) is 10.4. The van der Waals surface area contributed by atoms with Crippen molar-refractivity contribution >= 4 is 29.9 Å². The van der Waals surface area contributed by atoms with Crippen molar-refractivity contribution in [2.45, 2.75) is 53.6 Å². The van der Waals surface area contributed by atoms with Crippen LogP contribution in [0.1, 0.15) is 47.8 Å². The topological polar surface area (TPSA) is 80.3 Å². The molecule has 0 bridgehead atoms. The summed E-state index contributed by atoms with van der Waals surface area (Å²) in [4.78, 5) is 4.36. The third-order valence-corrected chi connectivity index (χ3v) is 4.94. The van der Waals surface area contributed by atoms with Crippen LogP contribution in [0, 0.1) is 13.8 Å². The molecule has 30 heavy (non-hydrogen) atoms. The minimum atomic E-state index is 0. The molecule has 0 saturated carbocycles. The molecule has 0 radical (unpaired) electrons. The second-order valence-corrected chi connectivity index (χ2v) is 6.99. The van der Waals surface area contributed by atoms with Crippen molar-refractivity contribution in [2.24, 2.45) is 4.99 Å². The SMILES string of the molecule is CCc1noc(CC)c1CNC(=NC)NCc1ccccc1-n1nc(C)cc1C.I. The fourth-order valence-corrected chi connectivity index (χ4v) is 3.45. The molecular formula is C22H31IN6O. The van der Waals surface area contributed by atoms with Crippen LogP contribution in [0.2, 0.25) is 0 Å². The first-order valence-electron chi connectivity index (χ1n) is 10.1. The number of benzene rings is 1. The lowest BCUT2D eigenvalue weighted by atomic mass is 10.1. The summed E-state index contributed by atoms with van der Waals surface area (Å²) < 4.78 is 7.44. The molecular weight excluding hydrogens is 491 g/mol. The van der Waals surface area contributed by atoms with Crippen molar-refractivity contribution < 1.29 is 4.52 Å². The van der Waals surface area contributed by atoms with Crippen LogP contribution < -0.4 is 10.6 Å². The Morgan fingerprint density at radius 3 is 2.47 bits per heavy atom. The van der Waals surface area contributed by atoms with Gasteiger partial charge in [0.15, 0.2) is 5.96 Å². The van der Waals surface area contributed by atoms with Gasteiger partial charge < -0.3 is 15.2 Å². The molecule has 0 aliphatic heterocycles. The number of hydrogen-bond acceptors (Lipinski definition) is 4. The van der Waals surface area contributed by atoms with E-state index in [1.165, 1.54) is 0 Å². The molecule has 2 aromatic heterocycles. The summed E-state index contributed by atoms with van der Waals surface area (Å²) in [6.45, 7) is 9.51. The first-order chi connectivity index (χ1) is 14.1. The Hall–Kier alpha value is -2.36. The average molecular weight is 522 g/mol. The Bertz CT molecular complexity index is 970. The standard InChI is InChI=1S/C22H30N6O.HI/c1-6-19-18(21(7-2)29-27-19)14-25-22(23-5)24-13-17-10-8-9-11-20(17)28-16(4)12-15(3)26-28;/h8-12H,6-7,13-14H2,1-5H3,(H2,23,24,25);1H. The molecule has 0 fully saturated rings. The molecule has 1 aromatic carbocycles. The van der Waals surface area contributed by atoms with Crippen molar-refractivity contribution in [3.8, 4) is 5.69 Å². The number of guanidine groups is 1. The zero-order valence-electron chi connectivity index (χ0n) is 18.3. The van der Waals surface area contributed by atoms with Gasteiger partial charge in [-0.3, -0.25) is 4.99 Å². The van der Waals surface area contributed by atoms with Crippen LogP contribution in [0.5, 0.6) is 0 Å².